The molecule has 0 saturated heterocycles. The molecule has 7 heteroatoms. The van der Waals surface area contributed by atoms with E-state index in [1.54, 1.807) is 25.1 Å². The van der Waals surface area contributed by atoms with Gasteiger partial charge < -0.3 is 15.2 Å². The van der Waals surface area contributed by atoms with E-state index in [-0.39, 0.29) is 5.91 Å². The lowest BCUT2D eigenvalue weighted by Gasteiger charge is -2.16. The van der Waals surface area contributed by atoms with Crippen LogP contribution >= 0.6 is 0 Å². The minimum absolute atomic E-state index is 0.131. The van der Waals surface area contributed by atoms with Gasteiger partial charge in [-0.1, -0.05) is 12.1 Å². The average molecular weight is 324 g/mol. The van der Waals surface area contributed by atoms with Gasteiger partial charge in [-0.3, -0.25) is 4.79 Å². The van der Waals surface area contributed by atoms with Crippen LogP contribution in [0, 0.1) is 6.92 Å². The first-order valence-corrected chi connectivity index (χ1v) is 7.79. The maximum Gasteiger partial charge on any atom is 0.272 e. The number of hydrogen-bond acceptors (Lipinski definition) is 5. The van der Waals surface area contributed by atoms with Gasteiger partial charge in [-0.15, -0.1) is 0 Å². The molecule has 1 amide bonds. The number of fused-ring (bicyclic) bond motifs is 1. The van der Waals surface area contributed by atoms with Gasteiger partial charge in [-0.05, 0) is 25.1 Å². The smallest absolute Gasteiger partial charge is 0.272 e. The Bertz CT molecular complexity index is 839. The summed E-state index contributed by atoms with van der Waals surface area (Å²) in [6.45, 7) is 2.39. The maximum absolute atomic E-state index is 12.5. The van der Waals surface area contributed by atoms with Crippen LogP contribution in [0.3, 0.4) is 0 Å². The number of aryl methyl sites for hydroxylation is 1. The first kappa shape index (κ1) is 15.9. The Morgan fingerprint density at radius 1 is 1.25 bits per heavy atom. The molecule has 0 saturated carbocycles. The van der Waals surface area contributed by atoms with Crippen LogP contribution in [0.4, 0.5) is 5.95 Å². The number of carbonyl (C=O) groups is 1. The van der Waals surface area contributed by atoms with Crippen molar-refractivity contribution < 1.29 is 4.79 Å². The van der Waals surface area contributed by atoms with E-state index in [9.17, 15) is 4.79 Å². The number of aromatic nitrogens is 4. The van der Waals surface area contributed by atoms with Crippen molar-refractivity contribution in [2.24, 2.45) is 0 Å². The highest BCUT2D eigenvalue weighted by Gasteiger charge is 2.15. The van der Waals surface area contributed by atoms with E-state index in [1.165, 1.54) is 0 Å². The van der Waals surface area contributed by atoms with Crippen molar-refractivity contribution in [3.05, 3.63) is 47.5 Å². The highest BCUT2D eigenvalue weighted by Crippen LogP contribution is 2.11. The normalized spacial score (nSPS) is 10.8. The van der Waals surface area contributed by atoms with Crippen LogP contribution in [0.5, 0.6) is 0 Å². The van der Waals surface area contributed by atoms with Crippen molar-refractivity contribution in [2.45, 2.75) is 13.3 Å². The number of imidazole rings is 1. The number of rotatable bonds is 5. The van der Waals surface area contributed by atoms with Crippen molar-refractivity contribution in [3.63, 3.8) is 0 Å². The quantitative estimate of drug-likeness (QED) is 0.750. The molecular formula is C17H20N6O. The summed E-state index contributed by atoms with van der Waals surface area (Å²) < 4.78 is 0. The minimum atomic E-state index is -0.131. The van der Waals surface area contributed by atoms with Crippen molar-refractivity contribution in [2.75, 3.05) is 26.0 Å². The van der Waals surface area contributed by atoms with Gasteiger partial charge in [0.05, 0.1) is 11.0 Å². The molecule has 0 spiro atoms. The van der Waals surface area contributed by atoms with Crippen molar-refractivity contribution in [3.8, 4) is 0 Å². The highest BCUT2D eigenvalue weighted by atomic mass is 16.2. The second-order valence-electron chi connectivity index (χ2n) is 5.65. The molecule has 0 aliphatic rings. The zero-order valence-corrected chi connectivity index (χ0v) is 14.0. The fraction of sp³-hybridized carbons (Fsp3) is 0.294. The lowest BCUT2D eigenvalue weighted by Crippen LogP contribution is -2.30. The Kier molecular flexibility index (Phi) is 4.41. The summed E-state index contributed by atoms with van der Waals surface area (Å²) in [4.78, 5) is 30.4. The molecule has 124 valence electrons. The summed E-state index contributed by atoms with van der Waals surface area (Å²) >= 11 is 0. The third-order valence-corrected chi connectivity index (χ3v) is 3.77. The van der Waals surface area contributed by atoms with Gasteiger partial charge in [0.2, 0.25) is 5.95 Å². The molecule has 0 radical (unpaired) electrons. The molecule has 3 rings (SSSR count). The lowest BCUT2D eigenvalue weighted by molar-refractivity contribution is 0.0790. The van der Waals surface area contributed by atoms with Gasteiger partial charge in [0, 0.05) is 32.8 Å². The predicted molar refractivity (Wildman–Crippen MR) is 93.1 cm³/mol. The largest absolute Gasteiger partial charge is 0.357 e. The van der Waals surface area contributed by atoms with Crippen LogP contribution in [-0.4, -0.2) is 51.4 Å². The molecule has 2 aromatic heterocycles. The van der Waals surface area contributed by atoms with Crippen LogP contribution in [-0.2, 0) is 6.42 Å². The number of para-hydroxylation sites is 2. The van der Waals surface area contributed by atoms with Crippen molar-refractivity contribution in [1.29, 1.82) is 0 Å². The monoisotopic (exact) mass is 324 g/mol. The number of nitrogens with zero attached hydrogens (tertiary/aromatic N) is 4. The molecule has 0 unspecified atom stereocenters. The van der Waals surface area contributed by atoms with E-state index < -0.39 is 0 Å². The fourth-order valence-electron chi connectivity index (χ4n) is 2.48. The second kappa shape index (κ2) is 6.66. The molecule has 0 aliphatic carbocycles. The number of hydrogen-bond donors (Lipinski definition) is 2. The number of H-pyrrole nitrogens is 1. The van der Waals surface area contributed by atoms with Crippen LogP contribution in [0.25, 0.3) is 11.0 Å². The summed E-state index contributed by atoms with van der Waals surface area (Å²) in [7, 11) is 3.50. The number of nitrogens with one attached hydrogen (secondary N) is 2. The van der Waals surface area contributed by atoms with Gasteiger partial charge in [0.1, 0.15) is 11.5 Å². The average Bonchev–Trinajstić information content (AvgIpc) is 3.01. The molecule has 0 aliphatic heterocycles. The zero-order valence-electron chi connectivity index (χ0n) is 14.0. The first-order chi connectivity index (χ1) is 11.6. The molecule has 0 atom stereocenters. The molecular weight excluding hydrogens is 304 g/mol. The van der Waals surface area contributed by atoms with E-state index in [1.807, 2.05) is 31.2 Å². The molecule has 1 aromatic carbocycles. The van der Waals surface area contributed by atoms with Crippen LogP contribution in [0.15, 0.2) is 30.3 Å². The molecule has 7 nitrogen and oxygen atoms in total. The van der Waals surface area contributed by atoms with Crippen molar-refractivity contribution >= 4 is 22.9 Å². The van der Waals surface area contributed by atoms with Crippen LogP contribution < -0.4 is 5.32 Å². The standard InChI is InChI=1S/C17H20N6O/c1-11-10-14(22-17(18-2)19-11)16(24)23(3)9-8-15-20-12-6-4-5-7-13(12)21-15/h4-7,10H,8-9H2,1-3H3,(H,20,21)(H,18,19,22). The number of aromatic amines is 1. The Balaban J connectivity index is 1.69. The Hall–Kier alpha value is -2.96. The number of amides is 1. The van der Waals surface area contributed by atoms with Gasteiger partial charge in [-0.2, -0.15) is 0 Å². The zero-order chi connectivity index (χ0) is 17.1. The molecule has 0 fully saturated rings. The van der Waals surface area contributed by atoms with E-state index in [0.29, 0.717) is 24.6 Å². The highest BCUT2D eigenvalue weighted by molar-refractivity contribution is 5.92. The number of benzene rings is 1. The molecule has 3 aromatic rings. The Morgan fingerprint density at radius 3 is 2.79 bits per heavy atom. The Morgan fingerprint density at radius 2 is 2.04 bits per heavy atom. The van der Waals surface area contributed by atoms with Gasteiger partial charge in [-0.25, -0.2) is 15.0 Å². The first-order valence-electron chi connectivity index (χ1n) is 7.79. The van der Waals surface area contributed by atoms with Gasteiger partial charge in [0.25, 0.3) is 5.91 Å². The summed E-state index contributed by atoms with van der Waals surface area (Å²) in [5.41, 5.74) is 3.08. The van der Waals surface area contributed by atoms with Crippen LogP contribution in [0.1, 0.15) is 22.0 Å². The van der Waals surface area contributed by atoms with Crippen LogP contribution in [0.2, 0.25) is 0 Å². The number of carbonyl (C=O) groups excluding carboxylic acids is 1. The molecule has 24 heavy (non-hydrogen) atoms. The number of likely N-dealkylation sites (N-methyl/N-ethyl adjacent to an activating group) is 1. The second-order valence-corrected chi connectivity index (χ2v) is 5.65. The van der Waals surface area contributed by atoms with E-state index in [0.717, 1.165) is 22.6 Å². The summed E-state index contributed by atoms with van der Waals surface area (Å²) in [5, 5.41) is 2.87. The third-order valence-electron chi connectivity index (χ3n) is 3.77. The van der Waals surface area contributed by atoms with Gasteiger partial charge in [0.15, 0.2) is 0 Å². The van der Waals surface area contributed by atoms with Gasteiger partial charge >= 0.3 is 0 Å². The van der Waals surface area contributed by atoms with E-state index >= 15 is 0 Å². The SMILES string of the molecule is CNc1nc(C)cc(C(=O)N(C)CCc2nc3ccccc3[nH]2)n1. The molecule has 0 bridgehead atoms. The summed E-state index contributed by atoms with van der Waals surface area (Å²) in [6, 6.07) is 9.58. The fourth-order valence-corrected chi connectivity index (χ4v) is 2.48. The minimum Gasteiger partial charge on any atom is -0.357 e. The summed E-state index contributed by atoms with van der Waals surface area (Å²) in [6.07, 6.45) is 0.653. The van der Waals surface area contributed by atoms with E-state index in [2.05, 4.69) is 25.3 Å². The topological polar surface area (TPSA) is 86.8 Å². The molecule has 2 heterocycles. The third kappa shape index (κ3) is 3.34. The van der Waals surface area contributed by atoms with E-state index in [4.69, 9.17) is 0 Å². The van der Waals surface area contributed by atoms with Crippen molar-refractivity contribution in [1.82, 2.24) is 24.8 Å². The summed E-state index contributed by atoms with van der Waals surface area (Å²) in [5.74, 6) is 1.18. The Labute approximate surface area is 140 Å². The predicted octanol–water partition coefficient (Wildman–Crippen LogP) is 2.02. The number of anilines is 1. The maximum atomic E-state index is 12.5. The lowest BCUT2D eigenvalue weighted by atomic mass is 10.3. The molecule has 2 N–H and O–H groups in total.